The average molecular weight is 1240 g/mol. The first-order chi connectivity index (χ1) is 40.2. The highest BCUT2D eigenvalue weighted by atomic mass is 16.8. The molecule has 0 aromatic rings. The van der Waals surface area contributed by atoms with E-state index in [1.54, 1.807) is 0 Å². The molecule has 0 unspecified atom stereocenters. The summed E-state index contributed by atoms with van der Waals surface area (Å²) >= 11 is 0. The summed E-state index contributed by atoms with van der Waals surface area (Å²) in [5, 5.41) is 162. The molecule has 10 rings (SSSR count). The highest BCUT2D eigenvalue weighted by Crippen LogP contribution is 2.76. The Labute approximate surface area is 501 Å². The van der Waals surface area contributed by atoms with Gasteiger partial charge in [-0.3, -0.25) is 4.79 Å². The summed E-state index contributed by atoms with van der Waals surface area (Å²) in [6, 6.07) is 0. The summed E-state index contributed by atoms with van der Waals surface area (Å²) in [7, 11) is 0. The monoisotopic (exact) mass is 1230 g/mol. The van der Waals surface area contributed by atoms with Crippen molar-refractivity contribution in [2.75, 3.05) is 19.8 Å². The molecule has 494 valence electrons. The van der Waals surface area contributed by atoms with Crippen LogP contribution in [0.3, 0.4) is 0 Å². The van der Waals surface area contributed by atoms with Crippen molar-refractivity contribution in [3.05, 3.63) is 11.6 Å². The minimum absolute atomic E-state index is 0.0910. The van der Waals surface area contributed by atoms with E-state index in [2.05, 4.69) is 54.5 Å². The zero-order valence-electron chi connectivity index (χ0n) is 50.7. The molecular weight excluding hydrogens is 1140 g/mol. The molecule has 0 bridgehead atoms. The molecule has 5 saturated heterocycles. The first-order valence-electron chi connectivity index (χ1n) is 31.1. The highest BCUT2D eigenvalue weighted by Gasteiger charge is 2.70. The van der Waals surface area contributed by atoms with Gasteiger partial charge >= 0.3 is 5.97 Å². The SMILES string of the molecule is C[C@@H]1O[C@@H](O[C@@H]2[C@@H](O)[C@@H](O)[C@H](OC[C@H]3O[C@@H](O[C@H]4[C@H](O)[C@@H](O)[C@H](O[C@H]5CC[C@]6(C)[C@H]7CC=C8[C@@H]9CC(C)(C)CC[C@]9(C(=O)O[C@@H]9O[C@H](CO)[C@@H](O)[C@H](O)[C@H]9O)CC[C@@]8(C)[C@]7(C)CC[C@H]6C5(C)C)O[C@@H]4CO)[C@H](O)[C@@H](O)[C@H]3O)O[C@H]2C)[C@H](O)[C@H](O)[C@H]1O. The van der Waals surface area contributed by atoms with Crippen LogP contribution >= 0.6 is 0 Å². The fourth-order valence-electron chi connectivity index (χ4n) is 17.8. The van der Waals surface area contributed by atoms with Gasteiger partial charge in [0, 0.05) is 0 Å². The summed E-state index contributed by atoms with van der Waals surface area (Å²) in [4.78, 5) is 14.8. The number of carbonyl (C=O) groups is 1. The van der Waals surface area contributed by atoms with E-state index in [0.29, 0.717) is 25.7 Å². The lowest BCUT2D eigenvalue weighted by molar-refractivity contribution is -0.375. The van der Waals surface area contributed by atoms with Crippen molar-refractivity contribution in [1.29, 1.82) is 0 Å². The van der Waals surface area contributed by atoms with Gasteiger partial charge in [-0.25, -0.2) is 0 Å². The second-order valence-electron chi connectivity index (χ2n) is 29.1. The van der Waals surface area contributed by atoms with Gasteiger partial charge in [0.05, 0.1) is 43.5 Å². The van der Waals surface area contributed by atoms with E-state index in [4.69, 9.17) is 47.4 Å². The maximum atomic E-state index is 14.8. The van der Waals surface area contributed by atoms with Crippen molar-refractivity contribution in [3.8, 4) is 0 Å². The number of aliphatic hydroxyl groups excluding tert-OH is 15. The van der Waals surface area contributed by atoms with Crippen LogP contribution in [0.5, 0.6) is 0 Å². The van der Waals surface area contributed by atoms with E-state index in [1.165, 1.54) is 19.4 Å². The molecule has 5 heterocycles. The zero-order chi connectivity index (χ0) is 62.9. The van der Waals surface area contributed by atoms with Crippen LogP contribution < -0.4 is 0 Å². The third-order valence-electron chi connectivity index (χ3n) is 23.4. The predicted octanol–water partition coefficient (Wildman–Crippen LogP) is -2.16. The lowest BCUT2D eigenvalue weighted by atomic mass is 9.33. The highest BCUT2D eigenvalue weighted by molar-refractivity contribution is 5.79. The summed E-state index contributed by atoms with van der Waals surface area (Å²) in [5.74, 6) is -0.346. The van der Waals surface area contributed by atoms with Gasteiger partial charge in [-0.15, -0.1) is 0 Å². The summed E-state index contributed by atoms with van der Waals surface area (Å²) in [6.07, 6.45) is -30.5. The number of hydrogen-bond acceptors (Lipinski definition) is 26. The van der Waals surface area contributed by atoms with Crippen LogP contribution in [0.1, 0.15) is 127 Å². The van der Waals surface area contributed by atoms with Crippen molar-refractivity contribution >= 4 is 5.97 Å². The molecule has 4 saturated carbocycles. The fraction of sp³-hybridized carbons (Fsp3) is 0.950. The molecule has 0 spiro atoms. The van der Waals surface area contributed by atoms with E-state index in [-0.39, 0.29) is 39.4 Å². The largest absolute Gasteiger partial charge is 0.432 e. The van der Waals surface area contributed by atoms with Gasteiger partial charge in [0.1, 0.15) is 110 Å². The smallest absolute Gasteiger partial charge is 0.315 e. The lowest BCUT2D eigenvalue weighted by Gasteiger charge is -2.71. The van der Waals surface area contributed by atoms with Crippen LogP contribution in [0, 0.1) is 50.2 Å². The van der Waals surface area contributed by atoms with Crippen LogP contribution in [0.15, 0.2) is 11.6 Å². The third kappa shape index (κ3) is 11.2. The first-order valence-corrected chi connectivity index (χ1v) is 31.1. The standard InChI is InChI=1S/C60H98O26/c1-24-34(63)37(66)42(71)50(78-24)84-47-25(2)79-49(45(74)40(47)69)77-23-30-36(65)39(68)43(72)52(82-30)85-48-29(22-62)81-51(46(75)41(48)70)83-33-13-14-57(7)31(56(33,5)6)12-15-59(9)32(57)11-10-26-27-20-55(3,4)16-18-60(27,19-17-58(26,59)8)54(76)86-53-44(73)38(67)35(64)28(21-61)80-53/h10,24-25,27-53,61-75H,11-23H2,1-9H3/t24-,25-,27-,28+,29+,30+,31-,32+,33-,34-,35+,36-,37+,38-,39-,40-,41+,42+,43+,44+,45+,46+,47-,48+,49+,50-,51-,52-,53-,57-,58+,59+,60-/m0/s1. The topological polar surface area (TPSA) is 413 Å². The average Bonchev–Trinajstić information content (AvgIpc) is 0.682. The molecule has 5 aliphatic heterocycles. The lowest BCUT2D eigenvalue weighted by Crippen LogP contribution is -2.67. The Balaban J connectivity index is 0.780. The van der Waals surface area contributed by atoms with E-state index < -0.39 is 196 Å². The molecule has 9 fully saturated rings. The van der Waals surface area contributed by atoms with Gasteiger partial charge in [-0.05, 0) is 123 Å². The van der Waals surface area contributed by atoms with Crippen molar-refractivity contribution in [1.82, 2.24) is 0 Å². The van der Waals surface area contributed by atoms with Crippen molar-refractivity contribution < 1.29 is 129 Å². The normalized spacial score (nSPS) is 54.5. The maximum absolute atomic E-state index is 14.8. The number of ether oxygens (including phenoxy) is 10. The molecule has 0 amide bonds. The van der Waals surface area contributed by atoms with Gasteiger partial charge in [-0.2, -0.15) is 0 Å². The molecule has 86 heavy (non-hydrogen) atoms. The van der Waals surface area contributed by atoms with E-state index in [0.717, 1.165) is 38.5 Å². The van der Waals surface area contributed by atoms with Gasteiger partial charge < -0.3 is 124 Å². The molecule has 15 N–H and O–H groups in total. The van der Waals surface area contributed by atoms with E-state index >= 15 is 0 Å². The van der Waals surface area contributed by atoms with Gasteiger partial charge in [0.25, 0.3) is 0 Å². The number of carbonyl (C=O) groups excluding carboxylic acids is 1. The Bertz CT molecular complexity index is 2400. The first kappa shape index (κ1) is 67.1. The molecule has 33 atom stereocenters. The Morgan fingerprint density at radius 1 is 0.512 bits per heavy atom. The second-order valence-corrected chi connectivity index (χ2v) is 29.1. The molecule has 10 aliphatic rings. The number of hydrogen-bond donors (Lipinski definition) is 15. The molecule has 26 heteroatoms. The Morgan fingerprint density at radius 3 is 1.70 bits per heavy atom. The van der Waals surface area contributed by atoms with Gasteiger partial charge in [0.15, 0.2) is 25.2 Å². The summed E-state index contributed by atoms with van der Waals surface area (Å²) in [5.41, 5.74) is -0.970. The summed E-state index contributed by atoms with van der Waals surface area (Å²) in [6.45, 7) is 16.8. The molecular formula is C60H98O26. The minimum atomic E-state index is -1.94. The number of rotatable bonds is 13. The van der Waals surface area contributed by atoms with Crippen molar-refractivity contribution in [2.45, 2.75) is 286 Å². The summed E-state index contributed by atoms with van der Waals surface area (Å²) < 4.78 is 59.2. The van der Waals surface area contributed by atoms with Crippen LogP contribution in [-0.4, -0.2) is 262 Å². The molecule has 5 aliphatic carbocycles. The molecule has 0 aromatic heterocycles. The number of allylic oxidation sites excluding steroid dienone is 2. The Morgan fingerprint density at radius 2 is 1.03 bits per heavy atom. The third-order valence-corrected chi connectivity index (χ3v) is 23.4. The number of esters is 1. The Hall–Kier alpha value is -1.75. The number of aliphatic hydroxyl groups is 15. The van der Waals surface area contributed by atoms with Crippen molar-refractivity contribution in [2.24, 2.45) is 50.2 Å². The Kier molecular flexibility index (Phi) is 19.2. The van der Waals surface area contributed by atoms with Crippen molar-refractivity contribution in [3.63, 3.8) is 0 Å². The minimum Gasteiger partial charge on any atom is -0.432 e. The molecule has 0 aromatic carbocycles. The van der Waals surface area contributed by atoms with E-state index in [9.17, 15) is 81.4 Å². The second kappa shape index (κ2) is 24.6. The van der Waals surface area contributed by atoms with Crippen LogP contribution in [-0.2, 0) is 52.2 Å². The predicted molar refractivity (Wildman–Crippen MR) is 293 cm³/mol. The quantitative estimate of drug-likeness (QED) is 0.0531. The number of fused-ring (bicyclic) bond motifs is 7. The van der Waals surface area contributed by atoms with Crippen LogP contribution in [0.2, 0.25) is 0 Å². The van der Waals surface area contributed by atoms with Gasteiger partial charge in [-0.1, -0.05) is 60.1 Å². The van der Waals surface area contributed by atoms with Gasteiger partial charge in [0.2, 0.25) is 6.29 Å². The fourth-order valence-corrected chi connectivity index (χ4v) is 17.8. The molecule has 26 nitrogen and oxygen atoms in total. The zero-order valence-corrected chi connectivity index (χ0v) is 50.7. The molecule has 0 radical (unpaired) electrons. The van der Waals surface area contributed by atoms with Crippen LogP contribution in [0.4, 0.5) is 0 Å². The van der Waals surface area contributed by atoms with Crippen LogP contribution in [0.25, 0.3) is 0 Å². The van der Waals surface area contributed by atoms with E-state index in [1.807, 2.05) is 0 Å². The maximum Gasteiger partial charge on any atom is 0.315 e.